The molecule has 1 aliphatic rings. The largest absolute Gasteiger partial charge is 0.465 e. The number of rotatable bonds is 5. The Hall–Kier alpha value is -1.56. The van der Waals surface area contributed by atoms with Gasteiger partial charge in [0.1, 0.15) is 5.52 Å². The van der Waals surface area contributed by atoms with E-state index in [1.807, 2.05) is 25.3 Å². The van der Waals surface area contributed by atoms with Crippen molar-refractivity contribution in [3.63, 3.8) is 0 Å². The van der Waals surface area contributed by atoms with Crippen LogP contribution in [0.25, 0.3) is 11.2 Å². The number of hydrogen-bond acceptors (Lipinski definition) is 5. The number of imidazole rings is 1. The van der Waals surface area contributed by atoms with E-state index >= 15 is 0 Å². The molecule has 2 heterocycles. The van der Waals surface area contributed by atoms with E-state index in [1.54, 1.807) is 0 Å². The zero-order chi connectivity index (χ0) is 15.4. The molecule has 0 aliphatic heterocycles. The SMILES string of the molecule is CCOC(=O)CSc1nc2cccnc2n1C1CCCCC1. The van der Waals surface area contributed by atoms with Gasteiger partial charge in [0.2, 0.25) is 0 Å². The molecule has 0 aromatic carbocycles. The van der Waals surface area contributed by atoms with Gasteiger partial charge in [-0.05, 0) is 31.9 Å². The lowest BCUT2D eigenvalue weighted by Crippen LogP contribution is -2.15. The molecule has 0 saturated heterocycles. The number of carbonyl (C=O) groups is 1. The quantitative estimate of drug-likeness (QED) is 0.622. The van der Waals surface area contributed by atoms with Gasteiger partial charge in [-0.2, -0.15) is 0 Å². The van der Waals surface area contributed by atoms with E-state index in [9.17, 15) is 4.79 Å². The fraction of sp³-hybridized carbons (Fsp3) is 0.562. The van der Waals surface area contributed by atoms with E-state index in [-0.39, 0.29) is 5.97 Å². The number of fused-ring (bicyclic) bond motifs is 1. The van der Waals surface area contributed by atoms with Gasteiger partial charge in [0.25, 0.3) is 0 Å². The van der Waals surface area contributed by atoms with Gasteiger partial charge < -0.3 is 9.30 Å². The van der Waals surface area contributed by atoms with Crippen LogP contribution in [-0.2, 0) is 9.53 Å². The molecule has 1 fully saturated rings. The van der Waals surface area contributed by atoms with Crippen molar-refractivity contribution in [3.8, 4) is 0 Å². The minimum Gasteiger partial charge on any atom is -0.465 e. The molecule has 118 valence electrons. The molecule has 2 aromatic rings. The zero-order valence-corrected chi connectivity index (χ0v) is 13.6. The van der Waals surface area contributed by atoms with Crippen molar-refractivity contribution < 1.29 is 9.53 Å². The van der Waals surface area contributed by atoms with Gasteiger partial charge in [-0.1, -0.05) is 31.0 Å². The number of aromatic nitrogens is 3. The second kappa shape index (κ2) is 7.13. The highest BCUT2D eigenvalue weighted by atomic mass is 32.2. The highest BCUT2D eigenvalue weighted by Gasteiger charge is 2.22. The monoisotopic (exact) mass is 319 g/mol. The molecule has 22 heavy (non-hydrogen) atoms. The summed E-state index contributed by atoms with van der Waals surface area (Å²) in [6, 6.07) is 4.33. The Bertz CT molecular complexity index is 650. The van der Waals surface area contributed by atoms with Crippen LogP contribution < -0.4 is 0 Å². The maximum atomic E-state index is 11.6. The summed E-state index contributed by atoms with van der Waals surface area (Å²) in [6.45, 7) is 2.24. The fourth-order valence-electron chi connectivity index (χ4n) is 3.01. The van der Waals surface area contributed by atoms with Crippen molar-refractivity contribution >= 4 is 28.9 Å². The lowest BCUT2D eigenvalue weighted by Gasteiger charge is -2.24. The van der Waals surface area contributed by atoms with Crippen LogP contribution in [0.2, 0.25) is 0 Å². The standard InChI is InChI=1S/C16H21N3O2S/c1-2-21-14(20)11-22-16-18-13-9-6-10-17-15(13)19(16)12-7-4-3-5-8-12/h6,9-10,12H,2-5,7-8,11H2,1H3. The van der Waals surface area contributed by atoms with Crippen LogP contribution in [0, 0.1) is 0 Å². The Morgan fingerprint density at radius 1 is 1.41 bits per heavy atom. The molecule has 0 spiro atoms. The summed E-state index contributed by atoms with van der Waals surface area (Å²) < 4.78 is 7.25. The molecule has 1 aliphatic carbocycles. The summed E-state index contributed by atoms with van der Waals surface area (Å²) in [6.07, 6.45) is 7.94. The number of nitrogens with zero attached hydrogens (tertiary/aromatic N) is 3. The maximum absolute atomic E-state index is 11.6. The highest BCUT2D eigenvalue weighted by molar-refractivity contribution is 7.99. The fourth-order valence-corrected chi connectivity index (χ4v) is 3.87. The Kier molecular flexibility index (Phi) is 4.97. The van der Waals surface area contributed by atoms with Crippen molar-refractivity contribution in [2.75, 3.05) is 12.4 Å². The number of pyridine rings is 1. The predicted octanol–water partition coefficient (Wildman–Crippen LogP) is 3.59. The van der Waals surface area contributed by atoms with E-state index in [2.05, 4.69) is 14.5 Å². The van der Waals surface area contributed by atoms with E-state index < -0.39 is 0 Å². The van der Waals surface area contributed by atoms with Crippen LogP contribution in [0.4, 0.5) is 0 Å². The number of ether oxygens (including phenoxy) is 1. The first-order valence-electron chi connectivity index (χ1n) is 7.91. The minimum absolute atomic E-state index is 0.192. The second-order valence-corrected chi connectivity index (χ2v) is 6.44. The maximum Gasteiger partial charge on any atom is 0.316 e. The van der Waals surface area contributed by atoms with Gasteiger partial charge >= 0.3 is 5.97 Å². The van der Waals surface area contributed by atoms with Gasteiger partial charge in [0.15, 0.2) is 10.8 Å². The van der Waals surface area contributed by atoms with Crippen LogP contribution in [-0.4, -0.2) is 32.9 Å². The van der Waals surface area contributed by atoms with Gasteiger partial charge in [0.05, 0.1) is 12.4 Å². The molecule has 0 radical (unpaired) electrons. The summed E-state index contributed by atoms with van der Waals surface area (Å²) in [5, 5.41) is 0.883. The summed E-state index contributed by atoms with van der Waals surface area (Å²) in [5.41, 5.74) is 1.83. The Morgan fingerprint density at radius 2 is 2.23 bits per heavy atom. The molecule has 2 aromatic heterocycles. The molecule has 6 heteroatoms. The van der Waals surface area contributed by atoms with Gasteiger partial charge in [-0.15, -0.1) is 0 Å². The van der Waals surface area contributed by atoms with E-state index in [4.69, 9.17) is 4.74 Å². The Balaban J connectivity index is 1.88. The van der Waals surface area contributed by atoms with Crippen LogP contribution >= 0.6 is 11.8 Å². The third-order valence-electron chi connectivity index (χ3n) is 3.98. The van der Waals surface area contributed by atoms with Gasteiger partial charge in [-0.3, -0.25) is 4.79 Å². The normalized spacial score (nSPS) is 16.0. The number of esters is 1. The van der Waals surface area contributed by atoms with Gasteiger partial charge in [0, 0.05) is 12.2 Å². The van der Waals surface area contributed by atoms with Crippen molar-refractivity contribution in [1.82, 2.24) is 14.5 Å². The summed E-state index contributed by atoms with van der Waals surface area (Å²) in [4.78, 5) is 20.8. The van der Waals surface area contributed by atoms with Gasteiger partial charge in [-0.25, -0.2) is 9.97 Å². The van der Waals surface area contributed by atoms with Crippen molar-refractivity contribution in [3.05, 3.63) is 18.3 Å². The van der Waals surface area contributed by atoms with Crippen LogP contribution in [0.3, 0.4) is 0 Å². The highest BCUT2D eigenvalue weighted by Crippen LogP contribution is 2.34. The molecular weight excluding hydrogens is 298 g/mol. The first kappa shape index (κ1) is 15.3. The van der Waals surface area contributed by atoms with E-state index in [0.29, 0.717) is 18.4 Å². The third kappa shape index (κ3) is 3.27. The zero-order valence-electron chi connectivity index (χ0n) is 12.8. The van der Waals surface area contributed by atoms with Crippen LogP contribution in [0.1, 0.15) is 45.1 Å². The summed E-state index contributed by atoms with van der Waals surface area (Å²) >= 11 is 1.45. The molecular formula is C16H21N3O2S. The number of carbonyl (C=O) groups excluding carboxylic acids is 1. The van der Waals surface area contributed by atoms with Crippen molar-refractivity contribution in [1.29, 1.82) is 0 Å². The van der Waals surface area contributed by atoms with Crippen molar-refractivity contribution in [2.24, 2.45) is 0 Å². The number of thioether (sulfide) groups is 1. The third-order valence-corrected chi connectivity index (χ3v) is 4.91. The molecule has 0 bridgehead atoms. The molecule has 3 rings (SSSR count). The Morgan fingerprint density at radius 3 is 3.00 bits per heavy atom. The summed E-state index contributed by atoms with van der Waals surface area (Å²) in [5.74, 6) is 0.104. The molecule has 0 N–H and O–H groups in total. The topological polar surface area (TPSA) is 57.0 Å². The minimum atomic E-state index is -0.192. The average Bonchev–Trinajstić information content (AvgIpc) is 2.92. The second-order valence-electron chi connectivity index (χ2n) is 5.50. The number of hydrogen-bond donors (Lipinski definition) is 0. The molecule has 0 unspecified atom stereocenters. The van der Waals surface area contributed by atoms with Crippen LogP contribution in [0.5, 0.6) is 0 Å². The van der Waals surface area contributed by atoms with E-state index in [0.717, 1.165) is 29.2 Å². The van der Waals surface area contributed by atoms with Crippen LogP contribution in [0.15, 0.2) is 23.5 Å². The lowest BCUT2D eigenvalue weighted by molar-refractivity contribution is -0.139. The molecule has 1 saturated carbocycles. The molecule has 0 atom stereocenters. The smallest absolute Gasteiger partial charge is 0.316 e. The predicted molar refractivity (Wildman–Crippen MR) is 87.0 cm³/mol. The van der Waals surface area contributed by atoms with Crippen molar-refractivity contribution in [2.45, 2.75) is 50.2 Å². The molecule has 0 amide bonds. The summed E-state index contributed by atoms with van der Waals surface area (Å²) in [7, 11) is 0. The lowest BCUT2D eigenvalue weighted by atomic mass is 9.95. The van der Waals surface area contributed by atoms with E-state index in [1.165, 1.54) is 31.0 Å². The molecule has 5 nitrogen and oxygen atoms in total. The Labute approximate surface area is 134 Å². The first-order valence-corrected chi connectivity index (χ1v) is 8.89. The first-order chi connectivity index (χ1) is 10.8. The average molecular weight is 319 g/mol.